The summed E-state index contributed by atoms with van der Waals surface area (Å²) in [6.45, 7) is 0.246. The Bertz CT molecular complexity index is 206. The Hall–Kier alpha value is -1.14. The first-order chi connectivity index (χ1) is 6.43. The molecule has 3 N–H and O–H groups in total. The maximum absolute atomic E-state index is 10.7. The van der Waals surface area contributed by atoms with Crippen molar-refractivity contribution in [2.75, 3.05) is 20.6 Å². The predicted molar refractivity (Wildman–Crippen MR) is 49.7 cm³/mol. The van der Waals surface area contributed by atoms with Crippen LogP contribution < -0.4 is 5.43 Å². The molecule has 0 rings (SSSR count). The summed E-state index contributed by atoms with van der Waals surface area (Å²) in [4.78, 5) is 20.9. The lowest BCUT2D eigenvalue weighted by Crippen LogP contribution is -2.37. The highest BCUT2D eigenvalue weighted by atomic mass is 16.4. The highest BCUT2D eigenvalue weighted by Gasteiger charge is 2.18. The quantitative estimate of drug-likeness (QED) is 0.490. The molecule has 6 heteroatoms. The van der Waals surface area contributed by atoms with Crippen LogP contribution in [0.2, 0.25) is 0 Å². The van der Waals surface area contributed by atoms with E-state index < -0.39 is 17.9 Å². The largest absolute Gasteiger partial charge is 0.481 e. The number of carboxylic acid groups (broad SMARTS) is 2. The number of carboxylic acids is 2. The zero-order valence-corrected chi connectivity index (χ0v) is 8.36. The first-order valence-corrected chi connectivity index (χ1v) is 4.29. The van der Waals surface area contributed by atoms with Crippen LogP contribution in [0.4, 0.5) is 0 Å². The van der Waals surface area contributed by atoms with Gasteiger partial charge in [0.25, 0.3) is 0 Å². The van der Waals surface area contributed by atoms with Gasteiger partial charge in [-0.25, -0.2) is 0 Å². The fourth-order valence-corrected chi connectivity index (χ4v) is 0.903. The summed E-state index contributed by atoms with van der Waals surface area (Å²) in [6, 6.07) is 0. The number of hydrazine groups is 1. The number of hydrogen-bond donors (Lipinski definition) is 3. The Kier molecular flexibility index (Phi) is 5.82. The third kappa shape index (κ3) is 6.38. The van der Waals surface area contributed by atoms with Crippen LogP contribution in [0.25, 0.3) is 0 Å². The third-order valence-corrected chi connectivity index (χ3v) is 1.71. The van der Waals surface area contributed by atoms with Crippen LogP contribution in [0.3, 0.4) is 0 Å². The lowest BCUT2D eigenvalue weighted by molar-refractivity contribution is -0.143. The lowest BCUT2D eigenvalue weighted by atomic mass is 10.0. The van der Waals surface area contributed by atoms with Crippen LogP contribution in [0.1, 0.15) is 12.8 Å². The number of carbonyl (C=O) groups is 2. The summed E-state index contributed by atoms with van der Waals surface area (Å²) >= 11 is 0. The summed E-state index contributed by atoms with van der Waals surface area (Å²) in [7, 11) is 3.49. The smallest absolute Gasteiger partial charge is 0.307 e. The van der Waals surface area contributed by atoms with Crippen molar-refractivity contribution >= 4 is 11.9 Å². The fourth-order valence-electron chi connectivity index (χ4n) is 0.903. The molecule has 0 aromatic carbocycles. The Labute approximate surface area is 82.5 Å². The molecule has 14 heavy (non-hydrogen) atoms. The van der Waals surface area contributed by atoms with Crippen molar-refractivity contribution in [3.05, 3.63) is 0 Å². The van der Waals surface area contributed by atoms with Crippen LogP contribution in [-0.2, 0) is 9.59 Å². The van der Waals surface area contributed by atoms with Gasteiger partial charge in [-0.15, -0.1) is 0 Å². The average Bonchev–Trinajstić information content (AvgIpc) is 2.02. The summed E-state index contributed by atoms with van der Waals surface area (Å²) < 4.78 is 0. The molecule has 0 aromatic rings. The van der Waals surface area contributed by atoms with E-state index in [-0.39, 0.29) is 19.4 Å². The molecule has 0 aliphatic carbocycles. The minimum Gasteiger partial charge on any atom is -0.481 e. The molecule has 0 saturated heterocycles. The van der Waals surface area contributed by atoms with E-state index in [4.69, 9.17) is 10.2 Å². The van der Waals surface area contributed by atoms with Gasteiger partial charge in [0.1, 0.15) is 0 Å². The van der Waals surface area contributed by atoms with E-state index in [9.17, 15) is 9.59 Å². The van der Waals surface area contributed by atoms with Gasteiger partial charge in [-0.2, -0.15) is 0 Å². The molecular formula is C8H16N2O4. The SMILES string of the molecule is CN(C)NCC(CCC(=O)O)C(=O)O. The standard InChI is InChI=1S/C8H16N2O4/c1-10(2)9-5-6(8(13)14)3-4-7(11)12/h6,9H,3-5H2,1-2H3,(H,11,12)(H,13,14). The zero-order valence-electron chi connectivity index (χ0n) is 8.36. The van der Waals surface area contributed by atoms with Gasteiger partial charge in [0.2, 0.25) is 0 Å². The summed E-state index contributed by atoms with van der Waals surface area (Å²) in [5.41, 5.74) is 2.81. The monoisotopic (exact) mass is 204 g/mol. The second-order valence-electron chi connectivity index (χ2n) is 3.22. The topological polar surface area (TPSA) is 89.9 Å². The van der Waals surface area contributed by atoms with E-state index in [1.807, 2.05) is 0 Å². The van der Waals surface area contributed by atoms with E-state index >= 15 is 0 Å². The average molecular weight is 204 g/mol. The van der Waals surface area contributed by atoms with Gasteiger partial charge in [-0.3, -0.25) is 20.0 Å². The first kappa shape index (κ1) is 12.9. The Morgan fingerprint density at radius 3 is 2.29 bits per heavy atom. The van der Waals surface area contributed by atoms with Crippen LogP contribution in [0, 0.1) is 5.92 Å². The molecule has 0 radical (unpaired) electrons. The molecule has 0 amide bonds. The van der Waals surface area contributed by atoms with Crippen molar-refractivity contribution in [1.82, 2.24) is 10.4 Å². The zero-order chi connectivity index (χ0) is 11.1. The van der Waals surface area contributed by atoms with E-state index in [1.54, 1.807) is 19.1 Å². The molecule has 0 aliphatic heterocycles. The number of aliphatic carboxylic acids is 2. The maximum atomic E-state index is 10.7. The molecule has 82 valence electrons. The van der Waals surface area contributed by atoms with E-state index in [2.05, 4.69) is 5.43 Å². The van der Waals surface area contributed by atoms with Gasteiger partial charge in [-0.1, -0.05) is 0 Å². The van der Waals surface area contributed by atoms with Gasteiger partial charge < -0.3 is 10.2 Å². The number of nitrogens with one attached hydrogen (secondary N) is 1. The van der Waals surface area contributed by atoms with Crippen molar-refractivity contribution in [2.24, 2.45) is 5.92 Å². The molecule has 0 heterocycles. The van der Waals surface area contributed by atoms with Gasteiger partial charge in [0, 0.05) is 27.1 Å². The Morgan fingerprint density at radius 2 is 1.93 bits per heavy atom. The number of nitrogens with zero attached hydrogens (tertiary/aromatic N) is 1. The van der Waals surface area contributed by atoms with E-state index in [0.717, 1.165) is 0 Å². The van der Waals surface area contributed by atoms with Gasteiger partial charge >= 0.3 is 11.9 Å². The lowest BCUT2D eigenvalue weighted by Gasteiger charge is -2.16. The van der Waals surface area contributed by atoms with Crippen molar-refractivity contribution in [3.8, 4) is 0 Å². The minimum atomic E-state index is -0.972. The molecule has 0 aliphatic rings. The Morgan fingerprint density at radius 1 is 1.36 bits per heavy atom. The van der Waals surface area contributed by atoms with E-state index in [1.165, 1.54) is 0 Å². The highest BCUT2D eigenvalue weighted by molar-refractivity contribution is 5.72. The van der Waals surface area contributed by atoms with E-state index in [0.29, 0.717) is 0 Å². The summed E-state index contributed by atoms with van der Waals surface area (Å²) in [5, 5.41) is 18.8. The number of hydrogen-bond acceptors (Lipinski definition) is 4. The summed E-state index contributed by atoms with van der Waals surface area (Å²) in [6.07, 6.45) is 0.0254. The highest BCUT2D eigenvalue weighted by Crippen LogP contribution is 2.05. The van der Waals surface area contributed by atoms with Crippen LogP contribution >= 0.6 is 0 Å². The molecule has 0 fully saturated rings. The third-order valence-electron chi connectivity index (χ3n) is 1.71. The van der Waals surface area contributed by atoms with Gasteiger partial charge in [-0.05, 0) is 6.42 Å². The molecular weight excluding hydrogens is 188 g/mol. The fraction of sp³-hybridized carbons (Fsp3) is 0.750. The Balaban J connectivity index is 3.90. The summed E-state index contributed by atoms with van der Waals surface area (Å²) in [5.74, 6) is -2.60. The van der Waals surface area contributed by atoms with Crippen LogP contribution in [0.5, 0.6) is 0 Å². The van der Waals surface area contributed by atoms with Gasteiger partial charge in [0.15, 0.2) is 0 Å². The molecule has 0 saturated carbocycles. The minimum absolute atomic E-state index is 0.119. The molecule has 0 bridgehead atoms. The van der Waals surface area contributed by atoms with Crippen LogP contribution in [0.15, 0.2) is 0 Å². The predicted octanol–water partition coefficient (Wildman–Crippen LogP) is -0.382. The van der Waals surface area contributed by atoms with Crippen molar-refractivity contribution < 1.29 is 19.8 Å². The maximum Gasteiger partial charge on any atom is 0.307 e. The second kappa shape index (κ2) is 6.33. The van der Waals surface area contributed by atoms with Crippen LogP contribution in [-0.4, -0.2) is 47.8 Å². The van der Waals surface area contributed by atoms with Gasteiger partial charge in [0.05, 0.1) is 5.92 Å². The van der Waals surface area contributed by atoms with Crippen molar-refractivity contribution in [1.29, 1.82) is 0 Å². The molecule has 0 aromatic heterocycles. The molecule has 1 unspecified atom stereocenters. The molecule has 0 spiro atoms. The normalized spacial score (nSPS) is 12.8. The van der Waals surface area contributed by atoms with Crippen molar-refractivity contribution in [2.45, 2.75) is 12.8 Å². The van der Waals surface area contributed by atoms with Crippen molar-refractivity contribution in [3.63, 3.8) is 0 Å². The molecule has 6 nitrogen and oxygen atoms in total. The number of rotatable bonds is 7. The molecule has 1 atom stereocenters. The second-order valence-corrected chi connectivity index (χ2v) is 3.22. The first-order valence-electron chi connectivity index (χ1n) is 4.29.